The van der Waals surface area contributed by atoms with Gasteiger partial charge >= 0.3 is 0 Å². The first-order valence-corrected chi connectivity index (χ1v) is 7.52. The minimum absolute atomic E-state index is 0.225. The number of halogens is 2. The summed E-state index contributed by atoms with van der Waals surface area (Å²) in [6.07, 6.45) is 1.29. The number of nitrogens with two attached hydrogens (primary N) is 1. The summed E-state index contributed by atoms with van der Waals surface area (Å²) in [5.41, 5.74) is 6.18. The quantitative estimate of drug-likeness (QED) is 0.907. The maximum Gasteiger partial charge on any atom is 0.217 e. The Morgan fingerprint density at radius 3 is 2.50 bits per heavy atom. The van der Waals surface area contributed by atoms with Crippen molar-refractivity contribution in [3.8, 4) is 0 Å². The fourth-order valence-corrected chi connectivity index (χ4v) is 2.96. The first-order chi connectivity index (χ1) is 9.56. The Balaban J connectivity index is 1.83. The van der Waals surface area contributed by atoms with Crippen LogP contribution < -0.4 is 10.6 Å². The molecule has 0 unspecified atom stereocenters. The lowest BCUT2D eigenvalue weighted by atomic mass is 10.2. The predicted octanol–water partition coefficient (Wildman–Crippen LogP) is 2.38. The van der Waals surface area contributed by atoms with Crippen LogP contribution >= 0.6 is 23.2 Å². The number of carbonyl (C=O) groups is 1. The van der Waals surface area contributed by atoms with Crippen molar-refractivity contribution in [2.75, 3.05) is 37.6 Å². The van der Waals surface area contributed by atoms with Gasteiger partial charge < -0.3 is 10.6 Å². The predicted molar refractivity (Wildman–Crippen MR) is 83.5 cm³/mol. The topological polar surface area (TPSA) is 49.6 Å². The molecule has 4 nitrogen and oxygen atoms in total. The van der Waals surface area contributed by atoms with Crippen LogP contribution in [0.1, 0.15) is 12.8 Å². The van der Waals surface area contributed by atoms with Crippen molar-refractivity contribution in [2.45, 2.75) is 12.8 Å². The van der Waals surface area contributed by atoms with E-state index in [9.17, 15) is 4.79 Å². The van der Waals surface area contributed by atoms with Gasteiger partial charge in [-0.2, -0.15) is 0 Å². The summed E-state index contributed by atoms with van der Waals surface area (Å²) in [4.78, 5) is 15.3. The molecule has 0 radical (unpaired) electrons. The van der Waals surface area contributed by atoms with Crippen LogP contribution in [0.15, 0.2) is 18.2 Å². The molecular formula is C14H19Cl2N3O. The van der Waals surface area contributed by atoms with Crippen LogP contribution in [0, 0.1) is 0 Å². The highest BCUT2D eigenvalue weighted by Gasteiger charge is 2.18. The lowest BCUT2D eigenvalue weighted by molar-refractivity contribution is -0.118. The third kappa shape index (κ3) is 4.27. The zero-order chi connectivity index (χ0) is 14.5. The molecule has 1 amide bonds. The standard InChI is InChI=1S/C14H19Cl2N3O/c15-11-3-4-13(12(16)10-11)19-8-6-18(7-9-19)5-1-2-14(17)20/h3-4,10H,1-2,5-9H2,(H2,17,20). The summed E-state index contributed by atoms with van der Waals surface area (Å²) in [5.74, 6) is -0.225. The second-order valence-corrected chi connectivity index (χ2v) is 5.84. The van der Waals surface area contributed by atoms with E-state index in [1.54, 1.807) is 6.07 Å². The van der Waals surface area contributed by atoms with Crippen molar-refractivity contribution < 1.29 is 4.79 Å². The molecular weight excluding hydrogens is 297 g/mol. The molecule has 1 aromatic carbocycles. The van der Waals surface area contributed by atoms with Crippen LogP contribution in [-0.4, -0.2) is 43.5 Å². The molecule has 0 saturated carbocycles. The van der Waals surface area contributed by atoms with Gasteiger partial charge in [-0.15, -0.1) is 0 Å². The largest absolute Gasteiger partial charge is 0.370 e. The van der Waals surface area contributed by atoms with Gasteiger partial charge in [0.05, 0.1) is 10.7 Å². The average molecular weight is 316 g/mol. The number of nitrogens with zero attached hydrogens (tertiary/aromatic N) is 2. The first-order valence-electron chi connectivity index (χ1n) is 6.77. The average Bonchev–Trinajstić information content (AvgIpc) is 2.39. The molecule has 1 aliphatic heterocycles. The van der Waals surface area contributed by atoms with Crippen LogP contribution in [0.25, 0.3) is 0 Å². The minimum Gasteiger partial charge on any atom is -0.370 e. The Hall–Kier alpha value is -0.970. The normalized spacial score (nSPS) is 16.4. The number of piperazine rings is 1. The van der Waals surface area contributed by atoms with Gasteiger partial charge in [0, 0.05) is 37.6 Å². The van der Waals surface area contributed by atoms with Crippen molar-refractivity contribution in [1.29, 1.82) is 0 Å². The van der Waals surface area contributed by atoms with Crippen LogP contribution in [-0.2, 0) is 4.79 Å². The molecule has 0 spiro atoms. The second kappa shape index (κ2) is 7.16. The van der Waals surface area contributed by atoms with Gasteiger partial charge in [-0.3, -0.25) is 9.69 Å². The fourth-order valence-electron chi connectivity index (χ4n) is 2.43. The Morgan fingerprint density at radius 1 is 1.20 bits per heavy atom. The van der Waals surface area contributed by atoms with E-state index in [0.29, 0.717) is 16.5 Å². The summed E-state index contributed by atoms with van der Waals surface area (Å²) in [6.45, 7) is 4.72. The number of hydrogen-bond acceptors (Lipinski definition) is 3. The number of benzene rings is 1. The molecule has 1 fully saturated rings. The SMILES string of the molecule is NC(=O)CCCN1CCN(c2ccc(Cl)cc2Cl)CC1. The van der Waals surface area contributed by atoms with E-state index in [1.165, 1.54) is 0 Å². The molecule has 1 aliphatic rings. The number of carbonyl (C=O) groups excluding carboxylic acids is 1. The maximum absolute atomic E-state index is 10.7. The maximum atomic E-state index is 10.7. The Kier molecular flexibility index (Phi) is 5.52. The van der Waals surface area contributed by atoms with E-state index >= 15 is 0 Å². The van der Waals surface area contributed by atoms with E-state index in [4.69, 9.17) is 28.9 Å². The van der Waals surface area contributed by atoms with Crippen molar-refractivity contribution in [3.05, 3.63) is 28.2 Å². The van der Waals surface area contributed by atoms with Crippen LogP contribution in [0.2, 0.25) is 10.0 Å². The van der Waals surface area contributed by atoms with E-state index in [-0.39, 0.29) is 5.91 Å². The van der Waals surface area contributed by atoms with Crippen LogP contribution in [0.3, 0.4) is 0 Å². The summed E-state index contributed by atoms with van der Waals surface area (Å²) in [7, 11) is 0. The summed E-state index contributed by atoms with van der Waals surface area (Å²) in [5, 5.41) is 1.35. The van der Waals surface area contributed by atoms with Gasteiger partial charge in [0.1, 0.15) is 0 Å². The number of amides is 1. The number of hydrogen-bond donors (Lipinski definition) is 1. The van der Waals surface area contributed by atoms with E-state index in [1.807, 2.05) is 12.1 Å². The van der Waals surface area contributed by atoms with Crippen LogP contribution in [0.5, 0.6) is 0 Å². The molecule has 1 aromatic rings. The van der Waals surface area contributed by atoms with Crippen molar-refractivity contribution in [2.24, 2.45) is 5.73 Å². The Bertz CT molecular complexity index is 473. The summed E-state index contributed by atoms with van der Waals surface area (Å²) >= 11 is 12.1. The number of anilines is 1. The molecule has 0 aromatic heterocycles. The second-order valence-electron chi connectivity index (χ2n) is 4.99. The van der Waals surface area contributed by atoms with Gasteiger partial charge in [-0.1, -0.05) is 23.2 Å². The molecule has 110 valence electrons. The third-order valence-electron chi connectivity index (χ3n) is 3.52. The molecule has 2 N–H and O–H groups in total. The minimum atomic E-state index is -0.225. The van der Waals surface area contributed by atoms with Crippen molar-refractivity contribution in [1.82, 2.24) is 4.90 Å². The van der Waals surface area contributed by atoms with Gasteiger partial charge in [-0.25, -0.2) is 0 Å². The van der Waals surface area contributed by atoms with Gasteiger partial charge in [0.2, 0.25) is 5.91 Å². The van der Waals surface area contributed by atoms with Gasteiger partial charge in [0.15, 0.2) is 0 Å². The number of primary amides is 1. The van der Waals surface area contributed by atoms with Crippen LogP contribution in [0.4, 0.5) is 5.69 Å². The highest BCUT2D eigenvalue weighted by Crippen LogP contribution is 2.29. The van der Waals surface area contributed by atoms with Gasteiger partial charge in [0.25, 0.3) is 0 Å². The zero-order valence-corrected chi connectivity index (χ0v) is 12.8. The fraction of sp³-hybridized carbons (Fsp3) is 0.500. The lowest BCUT2D eigenvalue weighted by Gasteiger charge is -2.36. The Labute approximate surface area is 129 Å². The third-order valence-corrected chi connectivity index (χ3v) is 4.06. The first kappa shape index (κ1) is 15.4. The lowest BCUT2D eigenvalue weighted by Crippen LogP contribution is -2.46. The van der Waals surface area contributed by atoms with E-state index < -0.39 is 0 Å². The van der Waals surface area contributed by atoms with E-state index in [0.717, 1.165) is 44.8 Å². The summed E-state index contributed by atoms with van der Waals surface area (Å²) < 4.78 is 0. The zero-order valence-electron chi connectivity index (χ0n) is 11.3. The smallest absolute Gasteiger partial charge is 0.217 e. The molecule has 0 atom stereocenters. The molecule has 0 bridgehead atoms. The molecule has 0 aliphatic carbocycles. The molecule has 2 rings (SSSR count). The highest BCUT2D eigenvalue weighted by molar-refractivity contribution is 6.36. The monoisotopic (exact) mass is 315 g/mol. The molecule has 1 heterocycles. The highest BCUT2D eigenvalue weighted by atomic mass is 35.5. The van der Waals surface area contributed by atoms with Crippen molar-refractivity contribution in [3.63, 3.8) is 0 Å². The number of rotatable bonds is 5. The van der Waals surface area contributed by atoms with Crippen molar-refractivity contribution >= 4 is 34.8 Å². The Morgan fingerprint density at radius 2 is 1.90 bits per heavy atom. The van der Waals surface area contributed by atoms with Gasteiger partial charge in [-0.05, 0) is 31.2 Å². The van der Waals surface area contributed by atoms with E-state index in [2.05, 4.69) is 9.80 Å². The molecule has 6 heteroatoms. The molecule has 1 saturated heterocycles. The summed E-state index contributed by atoms with van der Waals surface area (Å²) in [6, 6.07) is 5.60. The molecule has 20 heavy (non-hydrogen) atoms.